The van der Waals surface area contributed by atoms with Gasteiger partial charge in [-0.2, -0.15) is 0 Å². The van der Waals surface area contributed by atoms with Crippen molar-refractivity contribution in [2.75, 3.05) is 0 Å². The Hall–Kier alpha value is -4.01. The summed E-state index contributed by atoms with van der Waals surface area (Å²) in [6.45, 7) is 2.26. The van der Waals surface area contributed by atoms with Gasteiger partial charge < -0.3 is 14.8 Å². The molecule has 0 aliphatic carbocycles. The van der Waals surface area contributed by atoms with Crippen LogP contribution in [0.15, 0.2) is 72.9 Å². The Balaban J connectivity index is 1.37. The van der Waals surface area contributed by atoms with Crippen molar-refractivity contribution in [1.82, 2.24) is 14.7 Å². The number of hydrogen-bond acceptors (Lipinski definition) is 4. The van der Waals surface area contributed by atoms with Crippen molar-refractivity contribution in [2.45, 2.75) is 26.3 Å². The number of ether oxygens (including phenoxy) is 2. The minimum atomic E-state index is -4.74. The predicted octanol–water partition coefficient (Wildman–Crippen LogP) is 5.52. The number of hydrogen-bond donors (Lipinski definition) is 1. The lowest BCUT2D eigenvalue weighted by molar-refractivity contribution is -0.274. The molecule has 4 aromatic rings. The van der Waals surface area contributed by atoms with Crippen molar-refractivity contribution in [3.63, 3.8) is 0 Å². The van der Waals surface area contributed by atoms with E-state index in [0.717, 1.165) is 16.9 Å². The molecule has 0 atom stereocenters. The molecule has 2 aromatic heterocycles. The molecule has 0 bridgehead atoms. The van der Waals surface area contributed by atoms with Gasteiger partial charge in [0.2, 0.25) is 0 Å². The van der Waals surface area contributed by atoms with Crippen LogP contribution in [0.2, 0.25) is 0 Å². The lowest BCUT2D eigenvalue weighted by Gasteiger charge is -2.10. The topological polar surface area (TPSA) is 64.9 Å². The van der Waals surface area contributed by atoms with Crippen molar-refractivity contribution < 1.29 is 27.4 Å². The highest BCUT2D eigenvalue weighted by Gasteiger charge is 2.31. The molecule has 0 fully saturated rings. The molecule has 0 radical (unpaired) electrons. The molecule has 6 nitrogen and oxygen atoms in total. The van der Waals surface area contributed by atoms with Crippen LogP contribution in [-0.4, -0.2) is 21.7 Å². The van der Waals surface area contributed by atoms with E-state index in [9.17, 15) is 18.0 Å². The van der Waals surface area contributed by atoms with Gasteiger partial charge in [-0.25, -0.2) is 4.98 Å². The number of halogens is 3. The molecule has 33 heavy (non-hydrogen) atoms. The maximum Gasteiger partial charge on any atom is 0.573 e. The maximum absolute atomic E-state index is 12.8. The van der Waals surface area contributed by atoms with Crippen LogP contribution in [0.25, 0.3) is 5.65 Å². The number of aryl methyl sites for hydroxylation is 1. The van der Waals surface area contributed by atoms with Crippen molar-refractivity contribution in [1.29, 1.82) is 0 Å². The molecule has 0 saturated carbocycles. The first-order valence-electron chi connectivity index (χ1n) is 10.2. The zero-order valence-corrected chi connectivity index (χ0v) is 17.6. The number of benzene rings is 2. The van der Waals surface area contributed by atoms with E-state index in [4.69, 9.17) is 4.74 Å². The van der Waals surface area contributed by atoms with E-state index in [1.165, 1.54) is 24.3 Å². The third kappa shape index (κ3) is 5.43. The normalized spacial score (nSPS) is 11.4. The van der Waals surface area contributed by atoms with E-state index in [1.54, 1.807) is 28.7 Å². The molecule has 0 aliphatic heterocycles. The molecular weight excluding hydrogens is 435 g/mol. The fourth-order valence-corrected chi connectivity index (χ4v) is 3.32. The lowest BCUT2D eigenvalue weighted by Crippen LogP contribution is -2.25. The van der Waals surface area contributed by atoms with Crippen LogP contribution in [0, 0.1) is 0 Å². The summed E-state index contributed by atoms with van der Waals surface area (Å²) in [7, 11) is 0. The second-order valence-electron chi connectivity index (χ2n) is 7.14. The maximum atomic E-state index is 12.8. The number of amides is 1. The van der Waals surface area contributed by atoms with Crippen LogP contribution in [0.1, 0.15) is 28.7 Å². The second kappa shape index (κ2) is 9.23. The highest BCUT2D eigenvalue weighted by atomic mass is 19.4. The highest BCUT2D eigenvalue weighted by Crippen LogP contribution is 2.27. The zero-order chi connectivity index (χ0) is 23.4. The van der Waals surface area contributed by atoms with Gasteiger partial charge in [0.05, 0.1) is 5.69 Å². The van der Waals surface area contributed by atoms with Gasteiger partial charge in [-0.1, -0.05) is 25.1 Å². The summed E-state index contributed by atoms with van der Waals surface area (Å²) >= 11 is 0. The molecule has 1 N–H and O–H groups in total. The Morgan fingerprint density at radius 2 is 1.61 bits per heavy atom. The molecule has 9 heteroatoms. The summed E-state index contributed by atoms with van der Waals surface area (Å²) < 4.78 is 48.0. The average Bonchev–Trinajstić information content (AvgIpc) is 3.17. The van der Waals surface area contributed by atoms with Crippen molar-refractivity contribution in [3.8, 4) is 17.2 Å². The smallest absolute Gasteiger partial charge is 0.457 e. The molecular formula is C24H20F3N3O3. The van der Waals surface area contributed by atoms with Crippen LogP contribution in [-0.2, 0) is 13.0 Å². The number of nitrogens with one attached hydrogen (secondary N) is 1. The predicted molar refractivity (Wildman–Crippen MR) is 115 cm³/mol. The molecule has 4 rings (SSSR count). The first-order chi connectivity index (χ1) is 15.8. The monoisotopic (exact) mass is 455 g/mol. The summed E-state index contributed by atoms with van der Waals surface area (Å²) in [4.78, 5) is 17.3. The number of carbonyl (C=O) groups is 1. The fourth-order valence-electron chi connectivity index (χ4n) is 3.32. The quantitative estimate of drug-likeness (QED) is 0.399. The van der Waals surface area contributed by atoms with E-state index in [2.05, 4.69) is 15.0 Å². The Kier molecular flexibility index (Phi) is 6.21. The highest BCUT2D eigenvalue weighted by molar-refractivity contribution is 5.94. The lowest BCUT2D eigenvalue weighted by atomic mass is 10.2. The van der Waals surface area contributed by atoms with E-state index in [0.29, 0.717) is 30.2 Å². The Morgan fingerprint density at radius 3 is 2.24 bits per heavy atom. The number of imidazole rings is 1. The van der Waals surface area contributed by atoms with E-state index in [1.807, 2.05) is 31.3 Å². The molecule has 2 heterocycles. The largest absolute Gasteiger partial charge is 0.573 e. The Morgan fingerprint density at radius 1 is 0.970 bits per heavy atom. The van der Waals surface area contributed by atoms with E-state index in [-0.39, 0.29) is 11.7 Å². The summed E-state index contributed by atoms with van der Waals surface area (Å²) in [5.41, 5.74) is 2.83. The van der Waals surface area contributed by atoms with Crippen molar-refractivity contribution in [2.24, 2.45) is 0 Å². The third-order valence-electron chi connectivity index (χ3n) is 4.82. The summed E-state index contributed by atoms with van der Waals surface area (Å²) in [6, 6.07) is 17.7. The molecule has 0 unspecified atom stereocenters. The summed E-state index contributed by atoms with van der Waals surface area (Å²) in [5.74, 6) is 0.333. The Labute approximate surface area is 187 Å². The van der Waals surface area contributed by atoms with Gasteiger partial charge in [0.15, 0.2) is 0 Å². The van der Waals surface area contributed by atoms with E-state index >= 15 is 0 Å². The van der Waals surface area contributed by atoms with Crippen molar-refractivity contribution >= 4 is 11.6 Å². The van der Waals surface area contributed by atoms with Crippen LogP contribution in [0.5, 0.6) is 17.2 Å². The number of pyridine rings is 1. The molecule has 1 amide bonds. The standard InChI is InChI=1S/C24H20F3N3O3/c1-2-20-22(30-14-4-3-5-21(30)29-20)23(31)28-15-16-6-8-17(9-7-16)32-18-10-12-19(13-11-18)33-24(25,26)27/h3-14H,2,15H2,1H3,(H,28,31). The van der Waals surface area contributed by atoms with Gasteiger partial charge in [-0.15, -0.1) is 13.2 Å². The van der Waals surface area contributed by atoms with E-state index < -0.39 is 6.36 Å². The van der Waals surface area contributed by atoms with Gasteiger partial charge >= 0.3 is 6.36 Å². The van der Waals surface area contributed by atoms with Gasteiger partial charge in [0, 0.05) is 12.7 Å². The molecule has 0 aliphatic rings. The SMILES string of the molecule is CCc1nc2ccccn2c1C(=O)NCc1ccc(Oc2ccc(OC(F)(F)F)cc2)cc1. The average molecular weight is 455 g/mol. The number of fused-ring (bicyclic) bond motifs is 1. The molecule has 0 spiro atoms. The first-order valence-corrected chi connectivity index (χ1v) is 10.2. The first kappa shape index (κ1) is 22.2. The number of rotatable bonds is 7. The molecule has 0 saturated heterocycles. The van der Waals surface area contributed by atoms with Gasteiger partial charge in [-0.3, -0.25) is 9.20 Å². The van der Waals surface area contributed by atoms with Gasteiger partial charge in [0.1, 0.15) is 28.6 Å². The third-order valence-corrected chi connectivity index (χ3v) is 4.82. The second-order valence-corrected chi connectivity index (χ2v) is 7.14. The minimum absolute atomic E-state index is 0.216. The number of alkyl halides is 3. The summed E-state index contributed by atoms with van der Waals surface area (Å²) in [5, 5.41) is 2.92. The van der Waals surface area contributed by atoms with Gasteiger partial charge in [-0.05, 0) is 60.5 Å². The van der Waals surface area contributed by atoms with Crippen LogP contribution < -0.4 is 14.8 Å². The molecule has 170 valence electrons. The molecule has 2 aromatic carbocycles. The van der Waals surface area contributed by atoms with Crippen LogP contribution in [0.3, 0.4) is 0 Å². The number of carbonyl (C=O) groups excluding carboxylic acids is 1. The zero-order valence-electron chi connectivity index (χ0n) is 17.6. The van der Waals surface area contributed by atoms with Crippen LogP contribution in [0.4, 0.5) is 13.2 Å². The van der Waals surface area contributed by atoms with Crippen LogP contribution >= 0.6 is 0 Å². The number of nitrogens with zero attached hydrogens (tertiary/aromatic N) is 2. The summed E-state index contributed by atoms with van der Waals surface area (Å²) in [6.07, 6.45) is -2.29. The minimum Gasteiger partial charge on any atom is -0.457 e. The Bertz CT molecular complexity index is 1250. The van der Waals surface area contributed by atoms with Crippen molar-refractivity contribution in [3.05, 3.63) is 89.9 Å². The number of aromatic nitrogens is 2. The van der Waals surface area contributed by atoms with Gasteiger partial charge in [0.25, 0.3) is 5.91 Å². The fraction of sp³-hybridized carbons (Fsp3) is 0.167.